The first-order chi connectivity index (χ1) is 7.90. The van der Waals surface area contributed by atoms with Gasteiger partial charge in [-0.3, -0.25) is 9.59 Å². The summed E-state index contributed by atoms with van der Waals surface area (Å²) in [5.41, 5.74) is 11.1. The molecule has 1 unspecified atom stereocenters. The number of anilines is 1. The van der Waals surface area contributed by atoms with Crippen molar-refractivity contribution in [2.24, 2.45) is 11.5 Å². The molecule has 1 atom stereocenters. The largest absolute Gasteiger partial charge is 0.370 e. The van der Waals surface area contributed by atoms with Gasteiger partial charge in [-0.05, 0) is 24.6 Å². The fourth-order valence-corrected chi connectivity index (χ4v) is 1.22. The van der Waals surface area contributed by atoms with E-state index in [0.717, 1.165) is 0 Å². The molecule has 0 fully saturated rings. The molecule has 2 amide bonds. The Labute approximate surface area is 110 Å². The fourth-order valence-electron chi connectivity index (χ4n) is 1.22. The van der Waals surface area contributed by atoms with Crippen LogP contribution in [0.4, 0.5) is 10.1 Å². The second kappa shape index (κ2) is 6.93. The molecule has 0 aromatic heterocycles. The van der Waals surface area contributed by atoms with Crippen LogP contribution in [0.5, 0.6) is 0 Å². The Balaban J connectivity index is 0.00000289. The predicted molar refractivity (Wildman–Crippen MR) is 68.8 cm³/mol. The summed E-state index contributed by atoms with van der Waals surface area (Å²) >= 11 is 0. The lowest BCUT2D eigenvalue weighted by molar-refractivity contribution is -0.123. The van der Waals surface area contributed by atoms with E-state index in [1.54, 1.807) is 13.0 Å². The van der Waals surface area contributed by atoms with Crippen LogP contribution in [0.1, 0.15) is 12.0 Å². The van der Waals surface area contributed by atoms with Crippen molar-refractivity contribution in [1.29, 1.82) is 0 Å². The SMILES string of the molecule is Cc1ccc(NC(=O)C(N)CC(N)=O)cc1F.Cl. The number of carbonyl (C=O) groups excluding carboxylic acids is 2. The number of primary amides is 1. The first-order valence-electron chi connectivity index (χ1n) is 5.01. The average molecular weight is 276 g/mol. The number of benzene rings is 1. The smallest absolute Gasteiger partial charge is 0.241 e. The van der Waals surface area contributed by atoms with Crippen molar-refractivity contribution < 1.29 is 14.0 Å². The molecule has 0 radical (unpaired) electrons. The third-order valence-electron chi connectivity index (χ3n) is 2.20. The summed E-state index contributed by atoms with van der Waals surface area (Å²) in [7, 11) is 0. The van der Waals surface area contributed by atoms with E-state index in [1.807, 2.05) is 0 Å². The van der Waals surface area contributed by atoms with Crippen LogP contribution in [0.3, 0.4) is 0 Å². The van der Waals surface area contributed by atoms with Gasteiger partial charge in [-0.1, -0.05) is 6.07 Å². The van der Waals surface area contributed by atoms with Crippen LogP contribution in [0.25, 0.3) is 0 Å². The molecule has 5 nitrogen and oxygen atoms in total. The lowest BCUT2D eigenvalue weighted by Crippen LogP contribution is -2.39. The second-order valence-corrected chi connectivity index (χ2v) is 3.73. The zero-order chi connectivity index (χ0) is 13.0. The van der Waals surface area contributed by atoms with Crippen LogP contribution in [0, 0.1) is 12.7 Å². The van der Waals surface area contributed by atoms with E-state index in [-0.39, 0.29) is 24.5 Å². The first kappa shape index (κ1) is 16.3. The third kappa shape index (κ3) is 4.68. The molecule has 0 aliphatic rings. The number of halogens is 2. The van der Waals surface area contributed by atoms with E-state index in [0.29, 0.717) is 5.56 Å². The molecule has 100 valence electrons. The maximum absolute atomic E-state index is 13.2. The second-order valence-electron chi connectivity index (χ2n) is 3.73. The number of hydrogen-bond donors (Lipinski definition) is 3. The number of nitrogens with one attached hydrogen (secondary N) is 1. The van der Waals surface area contributed by atoms with Gasteiger partial charge in [0, 0.05) is 5.69 Å². The van der Waals surface area contributed by atoms with Crippen molar-refractivity contribution in [2.45, 2.75) is 19.4 Å². The molecule has 1 rings (SSSR count). The van der Waals surface area contributed by atoms with Crippen molar-refractivity contribution in [2.75, 3.05) is 5.32 Å². The number of aryl methyl sites for hydroxylation is 1. The van der Waals surface area contributed by atoms with Gasteiger partial charge >= 0.3 is 0 Å². The maximum atomic E-state index is 13.2. The first-order valence-corrected chi connectivity index (χ1v) is 5.01. The molecule has 18 heavy (non-hydrogen) atoms. The van der Waals surface area contributed by atoms with Crippen LogP contribution >= 0.6 is 12.4 Å². The molecule has 0 aliphatic carbocycles. The molecule has 0 spiro atoms. The van der Waals surface area contributed by atoms with Gasteiger partial charge in [0.1, 0.15) is 5.82 Å². The Hall–Kier alpha value is -1.66. The molecule has 1 aromatic carbocycles. The van der Waals surface area contributed by atoms with Crippen molar-refractivity contribution in [1.82, 2.24) is 0 Å². The van der Waals surface area contributed by atoms with Crippen molar-refractivity contribution in [3.8, 4) is 0 Å². The van der Waals surface area contributed by atoms with Gasteiger partial charge in [0.2, 0.25) is 11.8 Å². The van der Waals surface area contributed by atoms with Gasteiger partial charge in [-0.2, -0.15) is 0 Å². The highest BCUT2D eigenvalue weighted by atomic mass is 35.5. The minimum absolute atomic E-state index is 0. The molecule has 1 aromatic rings. The Morgan fingerprint density at radius 2 is 2.06 bits per heavy atom. The van der Waals surface area contributed by atoms with E-state index < -0.39 is 23.7 Å². The minimum atomic E-state index is -1.03. The summed E-state index contributed by atoms with van der Waals surface area (Å²) in [5.74, 6) is -1.67. The van der Waals surface area contributed by atoms with Crippen LogP contribution < -0.4 is 16.8 Å². The van der Waals surface area contributed by atoms with E-state index in [4.69, 9.17) is 11.5 Å². The lowest BCUT2D eigenvalue weighted by Gasteiger charge is -2.10. The van der Waals surface area contributed by atoms with Gasteiger partial charge in [0.15, 0.2) is 0 Å². The van der Waals surface area contributed by atoms with Crippen molar-refractivity contribution in [3.63, 3.8) is 0 Å². The molecule has 7 heteroatoms. The molecular weight excluding hydrogens is 261 g/mol. The maximum Gasteiger partial charge on any atom is 0.241 e. The standard InChI is InChI=1S/C11H14FN3O2.ClH/c1-6-2-3-7(4-8(6)12)15-11(17)9(13)5-10(14)16;/h2-4,9H,5,13H2,1H3,(H2,14,16)(H,15,17);1H. The van der Waals surface area contributed by atoms with E-state index in [1.165, 1.54) is 12.1 Å². The Morgan fingerprint density at radius 3 is 2.56 bits per heavy atom. The number of carbonyl (C=O) groups is 2. The number of nitrogens with two attached hydrogens (primary N) is 2. The summed E-state index contributed by atoms with van der Waals surface area (Å²) in [6, 6.07) is 3.24. The van der Waals surface area contributed by atoms with Crippen LogP contribution in [0.15, 0.2) is 18.2 Å². The fraction of sp³-hybridized carbons (Fsp3) is 0.273. The van der Waals surface area contributed by atoms with Crippen molar-refractivity contribution in [3.05, 3.63) is 29.6 Å². The number of amides is 2. The molecule has 0 aliphatic heterocycles. The quantitative estimate of drug-likeness (QED) is 0.754. The van der Waals surface area contributed by atoms with Crippen LogP contribution in [-0.2, 0) is 9.59 Å². The van der Waals surface area contributed by atoms with E-state index >= 15 is 0 Å². The van der Waals surface area contributed by atoms with Gasteiger partial charge < -0.3 is 16.8 Å². The van der Waals surface area contributed by atoms with Crippen LogP contribution in [0.2, 0.25) is 0 Å². The number of hydrogen-bond acceptors (Lipinski definition) is 3. The van der Waals surface area contributed by atoms with E-state index in [9.17, 15) is 14.0 Å². The Morgan fingerprint density at radius 1 is 1.44 bits per heavy atom. The molecule has 0 bridgehead atoms. The highest BCUT2D eigenvalue weighted by Gasteiger charge is 2.16. The highest BCUT2D eigenvalue weighted by molar-refractivity contribution is 5.97. The zero-order valence-electron chi connectivity index (χ0n) is 9.77. The minimum Gasteiger partial charge on any atom is -0.370 e. The van der Waals surface area contributed by atoms with Crippen LogP contribution in [-0.4, -0.2) is 17.9 Å². The molecule has 0 heterocycles. The van der Waals surface area contributed by atoms with Crippen molar-refractivity contribution >= 4 is 29.9 Å². The summed E-state index contributed by atoms with van der Waals surface area (Å²) in [6.45, 7) is 1.61. The average Bonchev–Trinajstić information content (AvgIpc) is 2.22. The molecule has 5 N–H and O–H groups in total. The lowest BCUT2D eigenvalue weighted by atomic mass is 10.2. The third-order valence-corrected chi connectivity index (χ3v) is 2.20. The normalized spacial score (nSPS) is 11.3. The summed E-state index contributed by atoms with van der Waals surface area (Å²) < 4.78 is 13.2. The Kier molecular flexibility index (Phi) is 6.29. The summed E-state index contributed by atoms with van der Waals surface area (Å²) in [6.07, 6.45) is -0.250. The molecular formula is C11H15ClFN3O2. The molecule has 0 saturated heterocycles. The topological polar surface area (TPSA) is 98.2 Å². The van der Waals surface area contributed by atoms with E-state index in [2.05, 4.69) is 5.32 Å². The van der Waals surface area contributed by atoms with Gasteiger partial charge in [-0.25, -0.2) is 4.39 Å². The molecule has 0 saturated carbocycles. The Bertz CT molecular complexity index is 454. The highest BCUT2D eigenvalue weighted by Crippen LogP contribution is 2.13. The predicted octanol–water partition coefficient (Wildman–Crippen LogP) is 0.697. The van der Waals surface area contributed by atoms with Gasteiger partial charge in [0.05, 0.1) is 12.5 Å². The monoisotopic (exact) mass is 275 g/mol. The zero-order valence-corrected chi connectivity index (χ0v) is 10.6. The number of rotatable bonds is 4. The van der Waals surface area contributed by atoms with Gasteiger partial charge in [0.25, 0.3) is 0 Å². The summed E-state index contributed by atoms with van der Waals surface area (Å²) in [4.78, 5) is 22.0. The summed E-state index contributed by atoms with van der Waals surface area (Å²) in [5, 5.41) is 2.40. The van der Waals surface area contributed by atoms with Gasteiger partial charge in [-0.15, -0.1) is 12.4 Å².